The van der Waals surface area contributed by atoms with Crippen molar-refractivity contribution >= 4 is 16.6 Å². The summed E-state index contributed by atoms with van der Waals surface area (Å²) >= 11 is 0. The monoisotopic (exact) mass is 380 g/mol. The topological polar surface area (TPSA) is 43.4 Å². The first-order chi connectivity index (χ1) is 13.0. The molecule has 3 nitrogen and oxygen atoms in total. The molecular weight excluding hydrogens is 356 g/mol. The van der Waals surface area contributed by atoms with Crippen molar-refractivity contribution in [3.63, 3.8) is 0 Å². The lowest BCUT2D eigenvalue weighted by Crippen LogP contribution is -2.41. The second-order valence-electron chi connectivity index (χ2n) is 7.67. The van der Waals surface area contributed by atoms with E-state index in [1.807, 2.05) is 43.3 Å². The van der Waals surface area contributed by atoms with Gasteiger partial charge in [-0.05, 0) is 43.4 Å². The fraction of sp³-hybridized carbons (Fsp3) is 0.348. The van der Waals surface area contributed by atoms with Crippen molar-refractivity contribution in [3.05, 3.63) is 71.8 Å². The number of benzene rings is 2. The summed E-state index contributed by atoms with van der Waals surface area (Å²) in [6.07, 6.45) is 5.08. The highest BCUT2D eigenvalue weighted by Gasteiger charge is 2.56. The van der Waals surface area contributed by atoms with Crippen LogP contribution in [0.5, 0.6) is 0 Å². The fourth-order valence-electron chi connectivity index (χ4n) is 4.60. The van der Waals surface area contributed by atoms with Crippen LogP contribution >= 0.6 is 0 Å². The molecule has 0 saturated heterocycles. The summed E-state index contributed by atoms with van der Waals surface area (Å²) in [6, 6.07) is 14.9. The number of ketones is 1. The van der Waals surface area contributed by atoms with Crippen molar-refractivity contribution in [2.24, 2.45) is 17.8 Å². The van der Waals surface area contributed by atoms with Gasteiger partial charge in [-0.1, -0.05) is 55.0 Å². The molecule has 4 heteroatoms. The number of Topliss-reactive ketones (excluding diaryl/α,β-unsaturated/α-hetero) is 1. The molecule has 0 aliphatic heterocycles. The van der Waals surface area contributed by atoms with Gasteiger partial charge in [-0.25, -0.2) is 4.21 Å². The van der Waals surface area contributed by atoms with E-state index in [1.54, 1.807) is 19.2 Å². The van der Waals surface area contributed by atoms with E-state index >= 15 is 0 Å². The first-order valence-electron chi connectivity index (χ1n) is 9.33. The van der Waals surface area contributed by atoms with E-state index in [0.29, 0.717) is 21.3 Å². The summed E-state index contributed by atoms with van der Waals surface area (Å²) < 4.78 is 19.0. The Morgan fingerprint density at radius 2 is 1.85 bits per heavy atom. The van der Waals surface area contributed by atoms with Gasteiger partial charge in [0.2, 0.25) is 0 Å². The normalized spacial score (nSPS) is 29.8. The first-order valence-corrected chi connectivity index (χ1v) is 10.5. The van der Waals surface area contributed by atoms with Crippen molar-refractivity contribution in [2.45, 2.75) is 35.7 Å². The van der Waals surface area contributed by atoms with Gasteiger partial charge in [-0.15, -0.1) is 0 Å². The smallest absolute Gasteiger partial charge is 0.170 e. The van der Waals surface area contributed by atoms with Gasteiger partial charge >= 0.3 is 0 Å². The number of methoxy groups -OCH3 is 1. The fourth-order valence-corrected chi connectivity index (χ4v) is 5.81. The molecule has 1 unspecified atom stereocenters. The molecule has 27 heavy (non-hydrogen) atoms. The molecule has 1 fully saturated rings. The zero-order valence-corrected chi connectivity index (χ0v) is 16.7. The zero-order valence-electron chi connectivity index (χ0n) is 15.8. The maximum atomic E-state index is 13.6. The molecule has 0 spiro atoms. The van der Waals surface area contributed by atoms with Gasteiger partial charge in [0, 0.05) is 17.6 Å². The van der Waals surface area contributed by atoms with Crippen LogP contribution < -0.4 is 0 Å². The van der Waals surface area contributed by atoms with Crippen molar-refractivity contribution in [3.8, 4) is 0 Å². The molecule has 1 saturated carbocycles. The number of allylic oxidation sites excluding steroid dienone is 1. The van der Waals surface area contributed by atoms with Crippen LogP contribution in [0.4, 0.5) is 0 Å². The van der Waals surface area contributed by atoms with Crippen molar-refractivity contribution in [1.29, 1.82) is 0 Å². The lowest BCUT2D eigenvalue weighted by Gasteiger charge is -2.33. The molecule has 4 rings (SSSR count). The highest BCUT2D eigenvalue weighted by atomic mass is 32.2. The Morgan fingerprint density at radius 3 is 2.56 bits per heavy atom. The Morgan fingerprint density at radius 1 is 1.15 bits per heavy atom. The Labute approximate surface area is 162 Å². The third kappa shape index (κ3) is 2.91. The largest absolute Gasteiger partial charge is 0.373 e. The van der Waals surface area contributed by atoms with Gasteiger partial charge in [0.25, 0.3) is 0 Å². The van der Waals surface area contributed by atoms with Gasteiger partial charge in [0.15, 0.2) is 5.78 Å². The number of rotatable bonds is 5. The van der Waals surface area contributed by atoms with E-state index in [2.05, 4.69) is 19.1 Å². The summed E-state index contributed by atoms with van der Waals surface area (Å²) in [5, 5.41) is 0. The summed E-state index contributed by atoms with van der Waals surface area (Å²) in [6.45, 7) is 4.12. The number of hydrogen-bond acceptors (Lipinski definition) is 3. The molecule has 0 aromatic heterocycles. The minimum absolute atomic E-state index is 0.0345. The molecule has 2 aromatic carbocycles. The number of carbonyl (C=O) groups excluding carboxylic acids is 1. The summed E-state index contributed by atoms with van der Waals surface area (Å²) in [4.78, 5) is 14.9. The molecule has 0 amide bonds. The second kappa shape index (κ2) is 6.84. The summed E-state index contributed by atoms with van der Waals surface area (Å²) in [5.41, 5.74) is 1.13. The highest BCUT2D eigenvalue weighted by Crippen LogP contribution is 2.53. The zero-order chi connectivity index (χ0) is 19.2. The Kier molecular flexibility index (Phi) is 4.65. The molecule has 0 N–H and O–H groups in total. The number of hydrogen-bond donors (Lipinski definition) is 0. The molecule has 2 bridgehead atoms. The lowest BCUT2D eigenvalue weighted by atomic mass is 9.77. The van der Waals surface area contributed by atoms with Crippen LogP contribution in [0, 0.1) is 24.7 Å². The van der Waals surface area contributed by atoms with Crippen molar-refractivity contribution in [1.82, 2.24) is 0 Å². The third-order valence-corrected chi connectivity index (χ3v) is 7.61. The minimum atomic E-state index is -1.40. The van der Waals surface area contributed by atoms with Crippen molar-refractivity contribution in [2.75, 3.05) is 7.11 Å². The maximum Gasteiger partial charge on any atom is 0.170 e. The predicted octanol–water partition coefficient (Wildman–Crippen LogP) is 4.57. The van der Waals surface area contributed by atoms with E-state index in [4.69, 9.17) is 4.74 Å². The Bertz CT molecular complexity index is 931. The second-order valence-corrected chi connectivity index (χ2v) is 9.11. The van der Waals surface area contributed by atoms with E-state index in [1.165, 1.54) is 0 Å². The number of fused-ring (bicyclic) bond motifs is 2. The van der Waals surface area contributed by atoms with Crippen LogP contribution in [0.25, 0.3) is 0 Å². The average molecular weight is 381 g/mol. The van der Waals surface area contributed by atoms with Crippen LogP contribution in [0.1, 0.15) is 29.3 Å². The van der Waals surface area contributed by atoms with Gasteiger partial charge < -0.3 is 4.74 Å². The van der Waals surface area contributed by atoms with Gasteiger partial charge in [0.1, 0.15) is 0 Å². The third-order valence-electron chi connectivity index (χ3n) is 6.16. The standard InChI is InChI=1S/C23H24O3S/c1-15-8-10-18(11-9-15)27(25)20-7-5-4-6-19(20)22(24)21-16(2)17-12-13-23(21,14-17)26-3/h4-13,16-17,21H,14H2,1-3H3/t16-,17+,21-,23+,27?/m1/s1. The number of aryl methyl sites for hydroxylation is 1. The quantitative estimate of drug-likeness (QED) is 0.564. The van der Waals surface area contributed by atoms with Gasteiger partial charge in [-0.2, -0.15) is 0 Å². The summed E-state index contributed by atoms with van der Waals surface area (Å²) in [7, 11) is 0.286. The van der Waals surface area contributed by atoms with Crippen LogP contribution in [0.15, 0.2) is 70.5 Å². The van der Waals surface area contributed by atoms with E-state index in [-0.39, 0.29) is 17.6 Å². The lowest BCUT2D eigenvalue weighted by molar-refractivity contribution is 0.0000737. The molecule has 2 aliphatic rings. The molecule has 140 valence electrons. The Balaban J connectivity index is 1.73. The SMILES string of the molecule is CO[C@@]12C=C[C@@H](C1)[C@@H](C)[C@@H]2C(=O)c1ccccc1S(=O)c1ccc(C)cc1. The molecule has 2 aromatic rings. The predicted molar refractivity (Wildman–Crippen MR) is 106 cm³/mol. The van der Waals surface area contributed by atoms with Crippen LogP contribution in [0.3, 0.4) is 0 Å². The summed E-state index contributed by atoms with van der Waals surface area (Å²) in [5.74, 6) is 0.373. The number of carbonyl (C=O) groups is 1. The van der Waals surface area contributed by atoms with Gasteiger partial charge in [-0.3, -0.25) is 4.79 Å². The molecule has 0 radical (unpaired) electrons. The van der Waals surface area contributed by atoms with E-state index < -0.39 is 16.4 Å². The van der Waals surface area contributed by atoms with Crippen LogP contribution in [-0.4, -0.2) is 22.7 Å². The van der Waals surface area contributed by atoms with E-state index in [9.17, 15) is 9.00 Å². The highest BCUT2D eigenvalue weighted by molar-refractivity contribution is 7.85. The van der Waals surface area contributed by atoms with Crippen LogP contribution in [0.2, 0.25) is 0 Å². The van der Waals surface area contributed by atoms with Crippen molar-refractivity contribution < 1.29 is 13.7 Å². The Hall–Kier alpha value is -2.04. The van der Waals surface area contributed by atoms with Crippen LogP contribution in [-0.2, 0) is 15.5 Å². The maximum absolute atomic E-state index is 13.6. The molecule has 5 atom stereocenters. The number of ether oxygens (including phenoxy) is 1. The van der Waals surface area contributed by atoms with E-state index in [0.717, 1.165) is 12.0 Å². The minimum Gasteiger partial charge on any atom is -0.373 e. The first kappa shape index (κ1) is 18.3. The average Bonchev–Trinajstić information content (AvgIpc) is 3.24. The molecule has 2 aliphatic carbocycles. The molecule has 0 heterocycles. The molecular formula is C23H24O3S. The van der Waals surface area contributed by atoms with Gasteiger partial charge in [0.05, 0.1) is 27.2 Å².